The molecule has 0 aliphatic heterocycles. The predicted octanol–water partition coefficient (Wildman–Crippen LogP) is 3.33. The van der Waals surface area contributed by atoms with Gasteiger partial charge in [0.15, 0.2) is 10.8 Å². The lowest BCUT2D eigenvalue weighted by Crippen LogP contribution is -1.98. The zero-order valence-electron chi connectivity index (χ0n) is 11.4. The molecular weight excluding hydrogens is 306 g/mol. The molecule has 1 aliphatic carbocycles. The summed E-state index contributed by atoms with van der Waals surface area (Å²) in [5, 5.41) is 15.7. The van der Waals surface area contributed by atoms with E-state index in [1.165, 1.54) is 12.8 Å². The van der Waals surface area contributed by atoms with Crippen LogP contribution < -0.4 is 0 Å². The zero-order valence-corrected chi connectivity index (χ0v) is 13.0. The molecule has 1 aliphatic rings. The Morgan fingerprint density at radius 3 is 3.10 bits per heavy atom. The minimum absolute atomic E-state index is 0.500. The topological polar surface area (TPSA) is 69.6 Å². The molecule has 3 heterocycles. The Hall–Kier alpha value is -1.67. The normalized spacial score (nSPS) is 14.7. The first kappa shape index (κ1) is 13.0. The lowest BCUT2D eigenvalue weighted by molar-refractivity contribution is 0.548. The predicted molar refractivity (Wildman–Crippen MR) is 80.2 cm³/mol. The number of tetrazole rings is 1. The summed E-state index contributed by atoms with van der Waals surface area (Å²) in [5.41, 5.74) is 1.03. The summed E-state index contributed by atoms with van der Waals surface area (Å²) in [7, 11) is 0. The molecule has 0 spiro atoms. The van der Waals surface area contributed by atoms with Crippen molar-refractivity contribution in [3.8, 4) is 10.8 Å². The van der Waals surface area contributed by atoms with Gasteiger partial charge in [-0.2, -0.15) is 0 Å². The third-order valence-corrected chi connectivity index (χ3v) is 5.08. The van der Waals surface area contributed by atoms with Gasteiger partial charge in [0.05, 0.1) is 11.7 Å². The van der Waals surface area contributed by atoms with Gasteiger partial charge in [0.1, 0.15) is 5.76 Å². The van der Waals surface area contributed by atoms with Gasteiger partial charge in [0.2, 0.25) is 5.16 Å². The summed E-state index contributed by atoms with van der Waals surface area (Å²) in [6.07, 6.45) is 2.36. The van der Waals surface area contributed by atoms with Crippen LogP contribution in [0.4, 0.5) is 0 Å². The summed E-state index contributed by atoms with van der Waals surface area (Å²) >= 11 is 3.23. The van der Waals surface area contributed by atoms with E-state index in [1.807, 2.05) is 23.7 Å². The molecule has 1 fully saturated rings. The van der Waals surface area contributed by atoms with E-state index in [4.69, 9.17) is 4.42 Å². The SMILES string of the molecule is Cc1ccc(-c2nc(CSc3nnnn3C3CC3)cs2)o1. The molecule has 0 bridgehead atoms. The van der Waals surface area contributed by atoms with Crippen LogP contribution in [0.25, 0.3) is 10.8 Å². The number of hydrogen-bond donors (Lipinski definition) is 0. The van der Waals surface area contributed by atoms with Gasteiger partial charge in [-0.1, -0.05) is 11.8 Å². The van der Waals surface area contributed by atoms with Gasteiger partial charge in [-0.25, -0.2) is 9.67 Å². The molecule has 4 rings (SSSR count). The van der Waals surface area contributed by atoms with Crippen molar-refractivity contribution in [3.63, 3.8) is 0 Å². The van der Waals surface area contributed by atoms with Gasteiger partial charge in [0, 0.05) is 11.1 Å². The van der Waals surface area contributed by atoms with Gasteiger partial charge in [-0.3, -0.25) is 0 Å². The summed E-state index contributed by atoms with van der Waals surface area (Å²) < 4.78 is 7.52. The third kappa shape index (κ3) is 2.73. The standard InChI is InChI=1S/C13H13N5OS2/c1-8-2-5-11(19-8)12-14-9(6-20-12)7-21-13-15-16-17-18(13)10-3-4-10/h2,5-6,10H,3-4,7H2,1H3. The van der Waals surface area contributed by atoms with E-state index in [1.54, 1.807) is 23.1 Å². The van der Waals surface area contributed by atoms with Gasteiger partial charge < -0.3 is 4.42 Å². The van der Waals surface area contributed by atoms with Crippen LogP contribution in [0, 0.1) is 6.92 Å². The molecule has 6 nitrogen and oxygen atoms in total. The van der Waals surface area contributed by atoms with Crippen molar-refractivity contribution in [2.45, 2.75) is 36.7 Å². The molecule has 1 saturated carbocycles. The maximum atomic E-state index is 5.60. The fraction of sp³-hybridized carbons (Fsp3) is 0.385. The van der Waals surface area contributed by atoms with Crippen LogP contribution in [0.5, 0.6) is 0 Å². The van der Waals surface area contributed by atoms with Gasteiger partial charge in [-0.15, -0.1) is 16.4 Å². The fourth-order valence-corrected chi connectivity index (χ4v) is 3.73. The Kier molecular flexibility index (Phi) is 3.27. The molecule has 0 radical (unpaired) electrons. The van der Waals surface area contributed by atoms with E-state index in [-0.39, 0.29) is 0 Å². The van der Waals surface area contributed by atoms with Gasteiger partial charge >= 0.3 is 0 Å². The molecule has 108 valence electrons. The first-order chi connectivity index (χ1) is 10.3. The fourth-order valence-electron chi connectivity index (χ4n) is 2.00. The second-order valence-corrected chi connectivity index (χ2v) is 6.78. The molecule has 3 aromatic heterocycles. The molecule has 0 saturated heterocycles. The van der Waals surface area contributed by atoms with E-state index in [9.17, 15) is 0 Å². The Morgan fingerprint density at radius 2 is 2.33 bits per heavy atom. The number of thiazole rings is 1. The number of thioether (sulfide) groups is 1. The van der Waals surface area contributed by atoms with Crippen molar-refractivity contribution in [2.24, 2.45) is 0 Å². The number of hydrogen-bond acceptors (Lipinski definition) is 7. The number of furan rings is 1. The highest BCUT2D eigenvalue weighted by molar-refractivity contribution is 7.98. The van der Waals surface area contributed by atoms with E-state index >= 15 is 0 Å². The number of rotatable bonds is 5. The highest BCUT2D eigenvalue weighted by Crippen LogP contribution is 2.37. The smallest absolute Gasteiger partial charge is 0.209 e. The highest BCUT2D eigenvalue weighted by atomic mass is 32.2. The number of aryl methyl sites for hydroxylation is 1. The molecule has 0 atom stereocenters. The van der Waals surface area contributed by atoms with Crippen molar-refractivity contribution in [1.82, 2.24) is 25.2 Å². The third-order valence-electron chi connectivity index (χ3n) is 3.21. The van der Waals surface area contributed by atoms with Crippen molar-refractivity contribution >= 4 is 23.1 Å². The van der Waals surface area contributed by atoms with E-state index in [0.29, 0.717) is 6.04 Å². The molecule has 0 aromatic carbocycles. The van der Waals surface area contributed by atoms with Crippen molar-refractivity contribution in [3.05, 3.63) is 29.0 Å². The second-order valence-electron chi connectivity index (χ2n) is 4.98. The Labute approximate surface area is 129 Å². The van der Waals surface area contributed by atoms with Gasteiger partial charge in [0.25, 0.3) is 0 Å². The first-order valence-corrected chi connectivity index (χ1v) is 8.58. The van der Waals surface area contributed by atoms with Crippen molar-refractivity contribution in [1.29, 1.82) is 0 Å². The summed E-state index contributed by atoms with van der Waals surface area (Å²) in [5.74, 6) is 2.50. The van der Waals surface area contributed by atoms with Crippen LogP contribution in [0.1, 0.15) is 30.3 Å². The Morgan fingerprint density at radius 1 is 1.43 bits per heavy atom. The van der Waals surface area contributed by atoms with Crippen LogP contribution in [0.3, 0.4) is 0 Å². The first-order valence-electron chi connectivity index (χ1n) is 6.71. The monoisotopic (exact) mass is 319 g/mol. The summed E-state index contributed by atoms with van der Waals surface area (Å²) in [4.78, 5) is 4.61. The molecule has 8 heteroatoms. The molecular formula is C13H13N5OS2. The van der Waals surface area contributed by atoms with Crippen LogP contribution in [0.15, 0.2) is 27.1 Å². The van der Waals surface area contributed by atoms with E-state index in [2.05, 4.69) is 25.9 Å². The lowest BCUT2D eigenvalue weighted by atomic mass is 10.4. The van der Waals surface area contributed by atoms with Crippen molar-refractivity contribution in [2.75, 3.05) is 0 Å². The maximum absolute atomic E-state index is 5.60. The minimum atomic E-state index is 0.500. The van der Waals surface area contributed by atoms with E-state index in [0.717, 1.165) is 33.1 Å². The lowest BCUT2D eigenvalue weighted by Gasteiger charge is -2.00. The molecule has 3 aromatic rings. The minimum Gasteiger partial charge on any atom is -0.459 e. The van der Waals surface area contributed by atoms with Crippen molar-refractivity contribution < 1.29 is 4.42 Å². The molecule has 0 amide bonds. The molecule has 0 N–H and O–H groups in total. The molecule has 0 unspecified atom stereocenters. The highest BCUT2D eigenvalue weighted by Gasteiger charge is 2.27. The van der Waals surface area contributed by atoms with Crippen LogP contribution in [-0.2, 0) is 5.75 Å². The largest absolute Gasteiger partial charge is 0.459 e. The molecule has 21 heavy (non-hydrogen) atoms. The summed E-state index contributed by atoms with van der Waals surface area (Å²) in [6, 6.07) is 4.41. The number of nitrogens with zero attached hydrogens (tertiary/aromatic N) is 5. The quantitative estimate of drug-likeness (QED) is 0.672. The zero-order chi connectivity index (χ0) is 14.2. The van der Waals surface area contributed by atoms with E-state index < -0.39 is 0 Å². The second kappa shape index (κ2) is 5.27. The Bertz CT molecular complexity index is 758. The van der Waals surface area contributed by atoms with Crippen LogP contribution in [-0.4, -0.2) is 25.2 Å². The van der Waals surface area contributed by atoms with Crippen LogP contribution >= 0.6 is 23.1 Å². The average molecular weight is 319 g/mol. The summed E-state index contributed by atoms with van der Waals surface area (Å²) in [6.45, 7) is 1.94. The Balaban J connectivity index is 1.45. The maximum Gasteiger partial charge on any atom is 0.209 e. The van der Waals surface area contributed by atoms with Crippen LogP contribution in [0.2, 0.25) is 0 Å². The number of aromatic nitrogens is 5. The average Bonchev–Trinajstić information content (AvgIpc) is 2.92. The van der Waals surface area contributed by atoms with Gasteiger partial charge in [-0.05, 0) is 42.3 Å².